The third kappa shape index (κ3) is 4.09. The minimum Gasteiger partial charge on any atom is -0.484 e. The lowest BCUT2D eigenvalue weighted by Crippen LogP contribution is -2.24. The van der Waals surface area contributed by atoms with Gasteiger partial charge in [0.2, 0.25) is 0 Å². The predicted octanol–water partition coefficient (Wildman–Crippen LogP) is 3.51. The molecule has 18 heavy (non-hydrogen) atoms. The van der Waals surface area contributed by atoms with Crippen molar-refractivity contribution in [2.24, 2.45) is 0 Å². The smallest absolute Gasteiger partial charge is 0.338 e. The molecular formula is C15H18O3. The number of carbonyl (C=O) groups is 1. The summed E-state index contributed by atoms with van der Waals surface area (Å²) < 4.78 is 10.8. The van der Waals surface area contributed by atoms with Gasteiger partial charge in [0.15, 0.2) is 0 Å². The Morgan fingerprint density at radius 3 is 2.17 bits per heavy atom. The van der Waals surface area contributed by atoms with Crippen molar-refractivity contribution in [3.8, 4) is 11.5 Å². The lowest BCUT2D eigenvalue weighted by molar-refractivity contribution is -0.130. The molecule has 0 aromatic heterocycles. The zero-order valence-corrected chi connectivity index (χ0v) is 11.0. The first-order valence-electron chi connectivity index (χ1n) is 5.64. The van der Waals surface area contributed by atoms with Crippen molar-refractivity contribution < 1.29 is 14.3 Å². The normalized spacial score (nSPS) is 10.6. The topological polar surface area (TPSA) is 35.5 Å². The Bertz CT molecular complexity index is 455. The minimum absolute atomic E-state index is 0.364. The van der Waals surface area contributed by atoms with Crippen LogP contribution in [-0.2, 0) is 4.79 Å². The quantitative estimate of drug-likeness (QED) is 0.345. The van der Waals surface area contributed by atoms with Crippen molar-refractivity contribution in [3.63, 3.8) is 0 Å². The molecule has 0 saturated carbocycles. The Labute approximate surface area is 108 Å². The number of hydrogen-bond donors (Lipinski definition) is 0. The fourth-order valence-corrected chi connectivity index (χ4v) is 1.12. The average molecular weight is 246 g/mol. The third-order valence-corrected chi connectivity index (χ3v) is 2.26. The van der Waals surface area contributed by atoms with E-state index in [1.807, 2.05) is 13.8 Å². The van der Waals surface area contributed by atoms with Gasteiger partial charge in [-0.2, -0.15) is 0 Å². The zero-order chi connectivity index (χ0) is 13.8. The molecule has 0 aliphatic rings. The van der Waals surface area contributed by atoms with E-state index in [0.717, 1.165) is 0 Å². The number of carbonyl (C=O) groups excluding carboxylic acids is 1. The first-order valence-corrected chi connectivity index (χ1v) is 5.64. The highest BCUT2D eigenvalue weighted by Gasteiger charge is 2.14. The van der Waals surface area contributed by atoms with E-state index < -0.39 is 11.6 Å². The van der Waals surface area contributed by atoms with Crippen LogP contribution in [-0.4, -0.2) is 11.6 Å². The van der Waals surface area contributed by atoms with E-state index in [4.69, 9.17) is 9.47 Å². The highest BCUT2D eigenvalue weighted by molar-refractivity contribution is 5.88. The van der Waals surface area contributed by atoms with E-state index in [2.05, 4.69) is 13.2 Å². The molecule has 0 fully saturated rings. The molecule has 0 bridgehead atoms. The molecule has 0 atom stereocenters. The van der Waals surface area contributed by atoms with E-state index in [1.54, 1.807) is 37.3 Å². The first-order chi connectivity index (χ1) is 8.34. The molecule has 0 spiro atoms. The van der Waals surface area contributed by atoms with Crippen LogP contribution in [0.1, 0.15) is 20.8 Å². The standard InChI is InChI=1S/C15H18O3/c1-6-15(4,5)18-13-9-7-12(8-10-13)17-14(16)11(2)3/h6-10H,1-2H2,3-5H3. The zero-order valence-electron chi connectivity index (χ0n) is 11.0. The third-order valence-electron chi connectivity index (χ3n) is 2.26. The van der Waals surface area contributed by atoms with E-state index in [-0.39, 0.29) is 0 Å². The molecule has 96 valence electrons. The molecule has 0 heterocycles. The molecule has 1 aromatic rings. The van der Waals surface area contributed by atoms with Crippen LogP contribution in [0.15, 0.2) is 49.1 Å². The highest BCUT2D eigenvalue weighted by atomic mass is 16.5. The fourth-order valence-electron chi connectivity index (χ4n) is 1.12. The molecule has 3 nitrogen and oxygen atoms in total. The van der Waals surface area contributed by atoms with Gasteiger partial charge in [-0.05, 0) is 51.1 Å². The number of rotatable bonds is 5. The van der Waals surface area contributed by atoms with Crippen molar-refractivity contribution in [2.45, 2.75) is 26.4 Å². The maximum Gasteiger partial charge on any atom is 0.338 e. The van der Waals surface area contributed by atoms with E-state index in [9.17, 15) is 4.79 Å². The van der Waals surface area contributed by atoms with Crippen LogP contribution in [0.25, 0.3) is 0 Å². The van der Waals surface area contributed by atoms with Gasteiger partial charge in [-0.25, -0.2) is 4.79 Å². The Balaban J connectivity index is 2.71. The van der Waals surface area contributed by atoms with Gasteiger partial charge in [-0.1, -0.05) is 13.2 Å². The summed E-state index contributed by atoms with van der Waals surface area (Å²) in [6, 6.07) is 6.84. The van der Waals surface area contributed by atoms with Gasteiger partial charge in [0.1, 0.15) is 17.1 Å². The van der Waals surface area contributed by atoms with Crippen LogP contribution in [0.5, 0.6) is 11.5 Å². The second kappa shape index (κ2) is 5.54. The summed E-state index contributed by atoms with van der Waals surface area (Å²) in [7, 11) is 0. The van der Waals surface area contributed by atoms with Crippen LogP contribution in [0.3, 0.4) is 0 Å². The molecule has 0 saturated heterocycles. The SMILES string of the molecule is C=CC(C)(C)Oc1ccc(OC(=O)C(=C)C)cc1. The summed E-state index contributed by atoms with van der Waals surface area (Å²) >= 11 is 0. The summed E-state index contributed by atoms with van der Waals surface area (Å²) in [6.07, 6.45) is 1.72. The van der Waals surface area contributed by atoms with Crippen molar-refractivity contribution in [1.29, 1.82) is 0 Å². The van der Waals surface area contributed by atoms with Gasteiger partial charge in [0.05, 0.1) is 0 Å². The summed E-state index contributed by atoms with van der Waals surface area (Å²) in [4.78, 5) is 11.3. The van der Waals surface area contributed by atoms with E-state index in [0.29, 0.717) is 17.1 Å². The molecular weight excluding hydrogens is 228 g/mol. The second-order valence-corrected chi connectivity index (χ2v) is 4.55. The fraction of sp³-hybridized carbons (Fsp3) is 0.267. The Kier molecular flexibility index (Phi) is 4.32. The van der Waals surface area contributed by atoms with Crippen LogP contribution in [0.2, 0.25) is 0 Å². The van der Waals surface area contributed by atoms with Gasteiger partial charge in [-0.3, -0.25) is 0 Å². The second-order valence-electron chi connectivity index (χ2n) is 4.55. The lowest BCUT2D eigenvalue weighted by atomic mass is 10.1. The molecule has 0 unspecified atom stereocenters. The average Bonchev–Trinajstić information content (AvgIpc) is 2.31. The van der Waals surface area contributed by atoms with Gasteiger partial charge < -0.3 is 9.47 Å². The molecule has 1 rings (SSSR count). The molecule has 0 amide bonds. The Morgan fingerprint density at radius 1 is 1.22 bits per heavy atom. The summed E-state index contributed by atoms with van der Waals surface area (Å²) in [5, 5.41) is 0. The molecule has 1 aromatic carbocycles. The van der Waals surface area contributed by atoms with Gasteiger partial charge in [0, 0.05) is 5.57 Å². The summed E-state index contributed by atoms with van der Waals surface area (Å²) in [5.41, 5.74) is -0.0706. The largest absolute Gasteiger partial charge is 0.484 e. The first kappa shape index (κ1) is 14.0. The van der Waals surface area contributed by atoms with Crippen molar-refractivity contribution >= 4 is 5.97 Å². The van der Waals surface area contributed by atoms with E-state index >= 15 is 0 Å². The van der Waals surface area contributed by atoms with Crippen LogP contribution >= 0.6 is 0 Å². The predicted molar refractivity (Wildman–Crippen MR) is 71.8 cm³/mol. The summed E-state index contributed by atoms with van der Waals surface area (Å²) in [6.45, 7) is 12.6. The molecule has 0 aliphatic heterocycles. The summed E-state index contributed by atoms with van der Waals surface area (Å²) in [5.74, 6) is 0.719. The van der Waals surface area contributed by atoms with Crippen LogP contribution in [0, 0.1) is 0 Å². The number of benzene rings is 1. The Morgan fingerprint density at radius 2 is 1.72 bits per heavy atom. The number of ether oxygens (including phenoxy) is 2. The maximum atomic E-state index is 11.3. The lowest BCUT2D eigenvalue weighted by Gasteiger charge is -2.22. The van der Waals surface area contributed by atoms with Crippen molar-refractivity contribution in [2.75, 3.05) is 0 Å². The van der Waals surface area contributed by atoms with Gasteiger partial charge >= 0.3 is 5.97 Å². The highest BCUT2D eigenvalue weighted by Crippen LogP contribution is 2.22. The maximum absolute atomic E-state index is 11.3. The minimum atomic E-state index is -0.435. The van der Waals surface area contributed by atoms with Crippen molar-refractivity contribution in [1.82, 2.24) is 0 Å². The van der Waals surface area contributed by atoms with Gasteiger partial charge in [-0.15, -0.1) is 0 Å². The molecule has 0 aliphatic carbocycles. The van der Waals surface area contributed by atoms with Crippen LogP contribution < -0.4 is 9.47 Å². The number of hydrogen-bond acceptors (Lipinski definition) is 3. The van der Waals surface area contributed by atoms with Crippen molar-refractivity contribution in [3.05, 3.63) is 49.1 Å². The monoisotopic (exact) mass is 246 g/mol. The van der Waals surface area contributed by atoms with Crippen LogP contribution in [0.4, 0.5) is 0 Å². The molecule has 3 heteroatoms. The molecule has 0 N–H and O–H groups in total. The van der Waals surface area contributed by atoms with E-state index in [1.165, 1.54) is 0 Å². The Hall–Kier alpha value is -2.03. The number of esters is 1. The molecule has 0 radical (unpaired) electrons. The van der Waals surface area contributed by atoms with Gasteiger partial charge in [0.25, 0.3) is 0 Å².